The SMILES string of the molecule is CC(CCSCC1CO1)(C(F)(F)F)C(F)(F)F. The summed E-state index contributed by atoms with van der Waals surface area (Å²) in [5.74, 6) is 0.265. The maximum absolute atomic E-state index is 12.4. The Morgan fingerprint density at radius 2 is 1.59 bits per heavy atom. The molecular formula is C9H12F6OS. The Labute approximate surface area is 98.9 Å². The summed E-state index contributed by atoms with van der Waals surface area (Å²) in [5.41, 5.74) is -3.63. The van der Waals surface area contributed by atoms with Gasteiger partial charge in [-0.2, -0.15) is 38.1 Å². The number of epoxide rings is 1. The molecule has 0 bridgehead atoms. The van der Waals surface area contributed by atoms with Crippen LogP contribution in [0.25, 0.3) is 0 Å². The molecule has 0 N–H and O–H groups in total. The topological polar surface area (TPSA) is 12.5 Å². The highest BCUT2D eigenvalue weighted by molar-refractivity contribution is 7.99. The molecule has 0 aromatic heterocycles. The fraction of sp³-hybridized carbons (Fsp3) is 1.00. The largest absolute Gasteiger partial charge is 0.402 e. The summed E-state index contributed by atoms with van der Waals surface area (Å²) in [6.07, 6.45) is -11.5. The standard InChI is InChI=1S/C9H12F6OS/c1-7(8(10,11)12,9(13,14)15)2-3-17-5-6-4-16-6/h6H,2-5H2,1H3. The number of hydrogen-bond acceptors (Lipinski definition) is 2. The molecular weight excluding hydrogens is 270 g/mol. The van der Waals surface area contributed by atoms with Crippen molar-refractivity contribution in [2.24, 2.45) is 5.41 Å². The van der Waals surface area contributed by atoms with Crippen LogP contribution in [0.2, 0.25) is 0 Å². The molecule has 0 amide bonds. The lowest BCUT2D eigenvalue weighted by Gasteiger charge is -2.33. The van der Waals surface area contributed by atoms with Crippen molar-refractivity contribution in [1.29, 1.82) is 0 Å². The first-order valence-corrected chi connectivity index (χ1v) is 6.06. The molecule has 0 saturated carbocycles. The van der Waals surface area contributed by atoms with Gasteiger partial charge in [0.25, 0.3) is 0 Å². The second-order valence-corrected chi connectivity index (χ2v) is 5.26. The van der Waals surface area contributed by atoms with E-state index >= 15 is 0 Å². The van der Waals surface area contributed by atoms with Crippen molar-refractivity contribution in [3.05, 3.63) is 0 Å². The highest BCUT2D eigenvalue weighted by Crippen LogP contribution is 2.52. The van der Waals surface area contributed by atoms with E-state index in [1.54, 1.807) is 0 Å². The lowest BCUT2D eigenvalue weighted by molar-refractivity contribution is -0.334. The van der Waals surface area contributed by atoms with E-state index in [2.05, 4.69) is 0 Å². The van der Waals surface area contributed by atoms with Gasteiger partial charge >= 0.3 is 12.4 Å². The highest BCUT2D eigenvalue weighted by atomic mass is 32.2. The van der Waals surface area contributed by atoms with Crippen LogP contribution in [0.4, 0.5) is 26.3 Å². The fourth-order valence-electron chi connectivity index (χ4n) is 1.10. The molecule has 1 saturated heterocycles. The van der Waals surface area contributed by atoms with Crippen LogP contribution in [0, 0.1) is 5.41 Å². The molecule has 1 aliphatic rings. The van der Waals surface area contributed by atoms with Crippen LogP contribution in [0.1, 0.15) is 13.3 Å². The van der Waals surface area contributed by atoms with Gasteiger partial charge in [-0.1, -0.05) is 0 Å². The maximum Gasteiger partial charge on any atom is 0.402 e. The van der Waals surface area contributed by atoms with E-state index in [0.717, 1.165) is 11.8 Å². The van der Waals surface area contributed by atoms with E-state index in [-0.39, 0.29) is 18.8 Å². The van der Waals surface area contributed by atoms with Gasteiger partial charge in [-0.05, 0) is 19.1 Å². The fourth-order valence-corrected chi connectivity index (χ4v) is 2.27. The smallest absolute Gasteiger partial charge is 0.372 e. The van der Waals surface area contributed by atoms with E-state index in [1.165, 1.54) is 0 Å². The molecule has 1 fully saturated rings. The molecule has 1 unspecified atom stereocenters. The first-order chi connectivity index (χ1) is 7.58. The van der Waals surface area contributed by atoms with Crippen LogP contribution >= 0.6 is 11.8 Å². The Bertz CT molecular complexity index is 243. The monoisotopic (exact) mass is 282 g/mol. The number of alkyl halides is 6. The summed E-state index contributed by atoms with van der Waals surface area (Å²) in [4.78, 5) is 0. The zero-order valence-electron chi connectivity index (χ0n) is 8.99. The van der Waals surface area contributed by atoms with Crippen molar-refractivity contribution in [2.75, 3.05) is 18.1 Å². The van der Waals surface area contributed by atoms with E-state index in [0.29, 0.717) is 12.4 Å². The van der Waals surface area contributed by atoms with E-state index in [9.17, 15) is 26.3 Å². The Hall–Kier alpha value is -0.110. The van der Waals surface area contributed by atoms with Crippen molar-refractivity contribution >= 4 is 11.8 Å². The van der Waals surface area contributed by atoms with Crippen molar-refractivity contribution in [3.63, 3.8) is 0 Å². The molecule has 17 heavy (non-hydrogen) atoms. The predicted octanol–water partition coefficient (Wildman–Crippen LogP) is 3.64. The third-order valence-corrected chi connectivity index (χ3v) is 3.80. The second-order valence-electron chi connectivity index (χ2n) is 4.11. The van der Waals surface area contributed by atoms with Crippen molar-refractivity contribution < 1.29 is 31.1 Å². The van der Waals surface area contributed by atoms with Crippen LogP contribution in [0.5, 0.6) is 0 Å². The van der Waals surface area contributed by atoms with Gasteiger partial charge in [0.1, 0.15) is 0 Å². The summed E-state index contributed by atoms with van der Waals surface area (Å²) < 4.78 is 79.5. The molecule has 0 aliphatic carbocycles. The Morgan fingerprint density at radius 1 is 1.12 bits per heavy atom. The maximum atomic E-state index is 12.4. The molecule has 102 valence electrons. The number of rotatable bonds is 5. The molecule has 1 aliphatic heterocycles. The van der Waals surface area contributed by atoms with Crippen molar-refractivity contribution in [1.82, 2.24) is 0 Å². The zero-order valence-corrected chi connectivity index (χ0v) is 9.81. The molecule has 1 rings (SSSR count). The first kappa shape index (κ1) is 14.9. The van der Waals surface area contributed by atoms with Crippen molar-refractivity contribution in [3.8, 4) is 0 Å². The van der Waals surface area contributed by atoms with Gasteiger partial charge in [0.15, 0.2) is 5.41 Å². The molecule has 1 heterocycles. The summed E-state index contributed by atoms with van der Waals surface area (Å²) in [6.45, 7) is 0.754. The summed E-state index contributed by atoms with van der Waals surface area (Å²) in [6, 6.07) is 0. The van der Waals surface area contributed by atoms with Crippen molar-refractivity contribution in [2.45, 2.75) is 31.8 Å². The van der Waals surface area contributed by atoms with Gasteiger partial charge in [0.05, 0.1) is 12.7 Å². The minimum atomic E-state index is -5.28. The minimum absolute atomic E-state index is 0.00281. The Kier molecular flexibility index (Phi) is 4.28. The van der Waals surface area contributed by atoms with E-state index in [4.69, 9.17) is 4.74 Å². The average Bonchev–Trinajstić information content (AvgIpc) is 2.91. The zero-order chi connectivity index (χ0) is 13.3. The molecule has 1 nitrogen and oxygen atoms in total. The molecule has 0 spiro atoms. The molecule has 0 radical (unpaired) electrons. The van der Waals surface area contributed by atoms with Gasteiger partial charge in [0, 0.05) is 5.75 Å². The van der Waals surface area contributed by atoms with Crippen LogP contribution < -0.4 is 0 Å². The third kappa shape index (κ3) is 3.67. The first-order valence-electron chi connectivity index (χ1n) is 4.91. The molecule has 1 atom stereocenters. The molecule has 8 heteroatoms. The number of hydrogen-bond donors (Lipinski definition) is 0. The number of halogens is 6. The summed E-state index contributed by atoms with van der Waals surface area (Å²) >= 11 is 1.06. The lowest BCUT2D eigenvalue weighted by Crippen LogP contribution is -2.48. The van der Waals surface area contributed by atoms with Gasteiger partial charge in [-0.25, -0.2) is 0 Å². The summed E-state index contributed by atoms with van der Waals surface area (Å²) in [7, 11) is 0. The summed E-state index contributed by atoms with van der Waals surface area (Å²) in [5, 5.41) is 0. The van der Waals surface area contributed by atoms with Gasteiger partial charge < -0.3 is 4.74 Å². The Morgan fingerprint density at radius 3 is 1.94 bits per heavy atom. The van der Waals surface area contributed by atoms with Gasteiger partial charge in [0.2, 0.25) is 0 Å². The Balaban J connectivity index is 2.51. The molecule has 0 aromatic rings. The molecule has 0 aromatic carbocycles. The number of thioether (sulfide) groups is 1. The van der Waals surface area contributed by atoms with Crippen LogP contribution in [-0.2, 0) is 4.74 Å². The minimum Gasteiger partial charge on any atom is -0.372 e. The van der Waals surface area contributed by atoms with Crippen LogP contribution in [0.15, 0.2) is 0 Å². The van der Waals surface area contributed by atoms with E-state index in [1.807, 2.05) is 0 Å². The predicted molar refractivity (Wildman–Crippen MR) is 51.9 cm³/mol. The lowest BCUT2D eigenvalue weighted by atomic mass is 9.86. The average molecular weight is 282 g/mol. The van der Waals surface area contributed by atoms with E-state index < -0.39 is 24.2 Å². The van der Waals surface area contributed by atoms with Gasteiger partial charge in [-0.3, -0.25) is 0 Å². The normalized spacial score (nSPS) is 21.7. The quantitative estimate of drug-likeness (QED) is 0.433. The van der Waals surface area contributed by atoms with Crippen LogP contribution in [-0.4, -0.2) is 36.6 Å². The van der Waals surface area contributed by atoms with Gasteiger partial charge in [-0.15, -0.1) is 0 Å². The second kappa shape index (κ2) is 4.87. The third-order valence-electron chi connectivity index (χ3n) is 2.70. The number of ether oxygens (including phenoxy) is 1. The van der Waals surface area contributed by atoms with Crippen LogP contribution in [0.3, 0.4) is 0 Å². The highest BCUT2D eigenvalue weighted by Gasteiger charge is 2.66.